The zero-order chi connectivity index (χ0) is 16.1. The highest BCUT2D eigenvalue weighted by molar-refractivity contribution is 5.76. The van der Waals surface area contributed by atoms with Crippen molar-refractivity contribution in [3.63, 3.8) is 0 Å². The number of amides is 2. The summed E-state index contributed by atoms with van der Waals surface area (Å²) in [6, 6.07) is 8.19. The highest BCUT2D eigenvalue weighted by Crippen LogP contribution is 2.35. The summed E-state index contributed by atoms with van der Waals surface area (Å²) in [4.78, 5) is 24.8. The van der Waals surface area contributed by atoms with Crippen LogP contribution in [-0.4, -0.2) is 35.1 Å². The third kappa shape index (κ3) is 4.00. The van der Waals surface area contributed by atoms with Gasteiger partial charge >= 0.3 is 12.0 Å². The monoisotopic (exact) mass is 304 g/mol. The van der Waals surface area contributed by atoms with Gasteiger partial charge in [0, 0.05) is 13.1 Å². The molecule has 5 nitrogen and oxygen atoms in total. The summed E-state index contributed by atoms with van der Waals surface area (Å²) in [7, 11) is 0. The van der Waals surface area contributed by atoms with Gasteiger partial charge in [0.25, 0.3) is 0 Å². The normalized spacial score (nSPS) is 21.5. The number of likely N-dealkylation sites (tertiary alicyclic amines) is 1. The predicted octanol–water partition coefficient (Wildman–Crippen LogP) is 2.95. The van der Waals surface area contributed by atoms with E-state index in [1.807, 2.05) is 11.8 Å². The molecule has 0 aromatic heterocycles. The van der Waals surface area contributed by atoms with Crippen LogP contribution in [0.3, 0.4) is 0 Å². The number of benzene rings is 1. The molecule has 1 aromatic carbocycles. The second-order valence-corrected chi connectivity index (χ2v) is 6.04. The molecule has 2 amide bonds. The second kappa shape index (κ2) is 7.29. The number of hydrogen-bond acceptors (Lipinski definition) is 2. The number of carboxylic acid groups (broad SMARTS) is 1. The average molecular weight is 304 g/mol. The number of carbonyl (C=O) groups is 2. The zero-order valence-corrected chi connectivity index (χ0v) is 13.2. The molecule has 0 bridgehead atoms. The van der Waals surface area contributed by atoms with E-state index in [-0.39, 0.29) is 25.0 Å². The number of aryl methyl sites for hydroxylation is 1. The van der Waals surface area contributed by atoms with E-state index in [4.69, 9.17) is 5.11 Å². The minimum atomic E-state index is -0.901. The first-order chi connectivity index (χ1) is 10.5. The summed E-state index contributed by atoms with van der Waals surface area (Å²) in [6.07, 6.45) is 2.03. The third-order valence-corrected chi connectivity index (χ3v) is 4.23. The van der Waals surface area contributed by atoms with Gasteiger partial charge in [0.15, 0.2) is 0 Å². The second-order valence-electron chi connectivity index (χ2n) is 6.04. The van der Waals surface area contributed by atoms with Gasteiger partial charge in [-0.3, -0.25) is 4.79 Å². The summed E-state index contributed by atoms with van der Waals surface area (Å²) in [5, 5.41) is 11.4. The lowest BCUT2D eigenvalue weighted by molar-refractivity contribution is -0.136. The molecule has 0 radical (unpaired) electrons. The molecule has 22 heavy (non-hydrogen) atoms. The number of piperidine rings is 1. The molecule has 0 spiro atoms. The number of rotatable bonds is 4. The molecular weight excluding hydrogens is 280 g/mol. The predicted molar refractivity (Wildman–Crippen MR) is 84.7 cm³/mol. The van der Waals surface area contributed by atoms with Crippen molar-refractivity contribution in [3.8, 4) is 0 Å². The smallest absolute Gasteiger partial charge is 0.317 e. The molecule has 1 fully saturated rings. The van der Waals surface area contributed by atoms with Gasteiger partial charge < -0.3 is 15.3 Å². The van der Waals surface area contributed by atoms with E-state index in [0.717, 1.165) is 18.4 Å². The molecule has 1 aliphatic heterocycles. The van der Waals surface area contributed by atoms with Crippen molar-refractivity contribution in [1.29, 1.82) is 0 Å². The van der Waals surface area contributed by atoms with E-state index in [9.17, 15) is 9.59 Å². The molecule has 2 unspecified atom stereocenters. The SMILES string of the molecule is Cc1ccc(C2C(C)CCCN2C(=O)NCCC(=O)O)cc1. The number of hydrogen-bond donors (Lipinski definition) is 2. The van der Waals surface area contributed by atoms with E-state index in [1.54, 1.807) is 0 Å². The molecule has 2 rings (SSSR count). The lowest BCUT2D eigenvalue weighted by atomic mass is 9.86. The van der Waals surface area contributed by atoms with Gasteiger partial charge in [-0.05, 0) is 31.2 Å². The number of nitrogens with zero attached hydrogens (tertiary/aromatic N) is 1. The number of urea groups is 1. The minimum Gasteiger partial charge on any atom is -0.481 e. The first kappa shape index (κ1) is 16.3. The lowest BCUT2D eigenvalue weighted by Crippen LogP contribution is -2.47. The fourth-order valence-electron chi connectivity index (χ4n) is 3.07. The molecule has 1 aromatic rings. The van der Waals surface area contributed by atoms with Crippen LogP contribution in [0.1, 0.15) is 43.4 Å². The molecule has 1 saturated heterocycles. The van der Waals surface area contributed by atoms with Crippen LogP contribution in [0, 0.1) is 12.8 Å². The van der Waals surface area contributed by atoms with Gasteiger partial charge in [-0.2, -0.15) is 0 Å². The summed E-state index contributed by atoms with van der Waals surface area (Å²) in [5.74, 6) is -0.510. The Morgan fingerprint density at radius 1 is 1.32 bits per heavy atom. The Morgan fingerprint density at radius 3 is 2.64 bits per heavy atom. The Morgan fingerprint density at radius 2 is 2.00 bits per heavy atom. The Hall–Kier alpha value is -2.04. The molecule has 5 heteroatoms. The van der Waals surface area contributed by atoms with Crippen molar-refractivity contribution >= 4 is 12.0 Å². The van der Waals surface area contributed by atoms with E-state index in [2.05, 4.69) is 36.5 Å². The van der Waals surface area contributed by atoms with Gasteiger partial charge in [-0.1, -0.05) is 36.8 Å². The highest BCUT2D eigenvalue weighted by atomic mass is 16.4. The number of carboxylic acids is 1. The van der Waals surface area contributed by atoms with Crippen molar-refractivity contribution in [1.82, 2.24) is 10.2 Å². The van der Waals surface area contributed by atoms with Crippen LogP contribution in [-0.2, 0) is 4.79 Å². The molecular formula is C17H24N2O3. The quantitative estimate of drug-likeness (QED) is 0.898. The van der Waals surface area contributed by atoms with Crippen LogP contribution in [0.2, 0.25) is 0 Å². The summed E-state index contributed by atoms with van der Waals surface area (Å²) >= 11 is 0. The zero-order valence-electron chi connectivity index (χ0n) is 13.2. The van der Waals surface area contributed by atoms with Crippen LogP contribution in [0.25, 0.3) is 0 Å². The van der Waals surface area contributed by atoms with Crippen molar-refractivity contribution in [3.05, 3.63) is 35.4 Å². The summed E-state index contributed by atoms with van der Waals surface area (Å²) in [6.45, 7) is 5.09. The Labute approximate surface area is 131 Å². The standard InChI is InChI=1S/C17H24N2O3/c1-12-5-7-14(8-6-12)16-13(2)4-3-11-19(16)17(22)18-10-9-15(20)21/h5-8,13,16H,3-4,9-11H2,1-2H3,(H,18,22)(H,20,21). The van der Waals surface area contributed by atoms with E-state index < -0.39 is 5.97 Å². The lowest BCUT2D eigenvalue weighted by Gasteiger charge is -2.40. The Balaban J connectivity index is 2.10. The van der Waals surface area contributed by atoms with Gasteiger partial charge in [0.2, 0.25) is 0 Å². The summed E-state index contributed by atoms with van der Waals surface area (Å²) in [5.41, 5.74) is 2.34. The maximum Gasteiger partial charge on any atom is 0.317 e. The first-order valence-electron chi connectivity index (χ1n) is 7.82. The van der Waals surface area contributed by atoms with Crippen molar-refractivity contribution in [2.45, 2.75) is 39.2 Å². The largest absolute Gasteiger partial charge is 0.481 e. The molecule has 1 heterocycles. The first-order valence-corrected chi connectivity index (χ1v) is 7.82. The number of aliphatic carboxylic acids is 1. The van der Waals surface area contributed by atoms with E-state index in [0.29, 0.717) is 12.5 Å². The average Bonchev–Trinajstić information content (AvgIpc) is 2.47. The van der Waals surface area contributed by atoms with Crippen LogP contribution in [0.5, 0.6) is 0 Å². The Kier molecular flexibility index (Phi) is 5.41. The molecule has 0 aliphatic carbocycles. The molecule has 2 atom stereocenters. The van der Waals surface area contributed by atoms with Gasteiger partial charge in [-0.25, -0.2) is 4.79 Å². The van der Waals surface area contributed by atoms with Gasteiger partial charge in [0.05, 0.1) is 12.5 Å². The third-order valence-electron chi connectivity index (χ3n) is 4.23. The minimum absolute atomic E-state index is 0.0513. The maximum atomic E-state index is 12.4. The van der Waals surface area contributed by atoms with Gasteiger partial charge in [0.1, 0.15) is 0 Å². The van der Waals surface area contributed by atoms with Gasteiger partial charge in [-0.15, -0.1) is 0 Å². The van der Waals surface area contributed by atoms with E-state index in [1.165, 1.54) is 5.56 Å². The highest BCUT2D eigenvalue weighted by Gasteiger charge is 2.32. The van der Waals surface area contributed by atoms with Crippen LogP contribution in [0.15, 0.2) is 24.3 Å². The van der Waals surface area contributed by atoms with Crippen LogP contribution < -0.4 is 5.32 Å². The fourth-order valence-corrected chi connectivity index (χ4v) is 3.07. The maximum absolute atomic E-state index is 12.4. The van der Waals surface area contributed by atoms with Crippen LogP contribution >= 0.6 is 0 Å². The van der Waals surface area contributed by atoms with E-state index >= 15 is 0 Å². The summed E-state index contributed by atoms with van der Waals surface area (Å²) < 4.78 is 0. The Bertz CT molecular complexity index is 527. The van der Waals surface area contributed by atoms with Crippen molar-refractivity contribution in [2.24, 2.45) is 5.92 Å². The topological polar surface area (TPSA) is 69.6 Å². The van der Waals surface area contributed by atoms with Crippen LogP contribution in [0.4, 0.5) is 4.79 Å². The molecule has 2 N–H and O–H groups in total. The molecule has 1 aliphatic rings. The molecule has 0 saturated carbocycles. The molecule has 120 valence electrons. The number of carbonyl (C=O) groups excluding carboxylic acids is 1. The van der Waals surface area contributed by atoms with Crippen molar-refractivity contribution < 1.29 is 14.7 Å². The van der Waals surface area contributed by atoms with Crippen molar-refractivity contribution in [2.75, 3.05) is 13.1 Å². The number of nitrogens with one attached hydrogen (secondary N) is 1. The fraction of sp³-hybridized carbons (Fsp3) is 0.529.